The summed E-state index contributed by atoms with van der Waals surface area (Å²) in [6.45, 7) is 1.96. The van der Waals surface area contributed by atoms with Crippen LogP contribution in [-0.2, 0) is 9.53 Å². The molecule has 6 nitrogen and oxygen atoms in total. The molecule has 0 saturated heterocycles. The number of allylic oxidation sites excluding steroid dienone is 1. The number of carbonyl (C=O) groups is 3. The van der Waals surface area contributed by atoms with Crippen LogP contribution in [0.3, 0.4) is 0 Å². The molecule has 0 atom stereocenters. The van der Waals surface area contributed by atoms with Gasteiger partial charge in [0.15, 0.2) is 12.4 Å². The summed E-state index contributed by atoms with van der Waals surface area (Å²) in [7, 11) is 0. The van der Waals surface area contributed by atoms with E-state index in [-0.39, 0.29) is 23.6 Å². The first kappa shape index (κ1) is 15.6. The van der Waals surface area contributed by atoms with Gasteiger partial charge in [-0.1, -0.05) is 24.3 Å². The van der Waals surface area contributed by atoms with E-state index in [1.807, 2.05) is 0 Å². The van der Waals surface area contributed by atoms with E-state index in [1.54, 1.807) is 25.1 Å². The third-order valence-electron chi connectivity index (χ3n) is 3.67. The number of benzene rings is 1. The van der Waals surface area contributed by atoms with Gasteiger partial charge in [-0.25, -0.2) is 4.79 Å². The Morgan fingerprint density at radius 3 is 2.29 bits per heavy atom. The zero-order valence-corrected chi connectivity index (χ0v) is 12.9. The number of aliphatic hydroxyl groups is 1. The zero-order chi connectivity index (χ0) is 17.3. The predicted molar refractivity (Wildman–Crippen MR) is 84.1 cm³/mol. The number of fused-ring (bicyclic) bond motifs is 1. The van der Waals surface area contributed by atoms with Gasteiger partial charge in [0.1, 0.15) is 0 Å². The standard InChI is InChI=1S/C18H13NO5/c1-2-24-18(23)11-7-9-19(10-8-11)14-15(20)12-5-3-4-6-13(12)16(21)17(14)22/h3-10H,2H2,1H3/p+1. The van der Waals surface area contributed by atoms with E-state index in [2.05, 4.69) is 0 Å². The molecule has 1 aromatic carbocycles. The molecule has 0 aliphatic heterocycles. The average Bonchev–Trinajstić information content (AvgIpc) is 2.61. The van der Waals surface area contributed by atoms with Gasteiger partial charge in [0.2, 0.25) is 11.5 Å². The molecule has 3 rings (SSSR count). The molecular formula is C18H14NO5+. The van der Waals surface area contributed by atoms with Crippen molar-refractivity contribution in [2.45, 2.75) is 6.92 Å². The van der Waals surface area contributed by atoms with Gasteiger partial charge in [-0.2, -0.15) is 4.57 Å². The molecule has 0 amide bonds. The number of aromatic nitrogens is 1. The number of rotatable bonds is 3. The van der Waals surface area contributed by atoms with Crippen molar-refractivity contribution in [3.63, 3.8) is 0 Å². The zero-order valence-electron chi connectivity index (χ0n) is 12.9. The third-order valence-corrected chi connectivity index (χ3v) is 3.67. The molecule has 1 aliphatic rings. The molecule has 2 aromatic rings. The largest absolute Gasteiger partial charge is 0.502 e. The van der Waals surface area contributed by atoms with Gasteiger partial charge in [-0.3, -0.25) is 9.59 Å². The van der Waals surface area contributed by atoms with Gasteiger partial charge >= 0.3 is 17.4 Å². The summed E-state index contributed by atoms with van der Waals surface area (Å²) < 4.78 is 6.20. The lowest BCUT2D eigenvalue weighted by Gasteiger charge is -2.13. The topological polar surface area (TPSA) is 84.5 Å². The van der Waals surface area contributed by atoms with Crippen molar-refractivity contribution in [3.05, 3.63) is 65.5 Å². The molecule has 0 bridgehead atoms. The summed E-state index contributed by atoms with van der Waals surface area (Å²) in [5.74, 6) is -2.25. The Balaban J connectivity index is 2.07. The van der Waals surface area contributed by atoms with Crippen molar-refractivity contribution in [2.24, 2.45) is 0 Å². The molecule has 120 valence electrons. The van der Waals surface area contributed by atoms with Crippen LogP contribution in [0, 0.1) is 0 Å². The second-order valence-corrected chi connectivity index (χ2v) is 5.12. The van der Waals surface area contributed by atoms with E-state index in [1.165, 1.54) is 35.2 Å². The maximum absolute atomic E-state index is 12.3. The number of pyridine rings is 1. The number of aliphatic hydroxyl groups excluding tert-OH is 1. The summed E-state index contributed by atoms with van der Waals surface area (Å²) in [6, 6.07) is 9.28. The van der Waals surface area contributed by atoms with Gasteiger partial charge < -0.3 is 9.84 Å². The van der Waals surface area contributed by atoms with E-state index in [4.69, 9.17) is 4.74 Å². The van der Waals surface area contributed by atoms with Crippen molar-refractivity contribution in [2.75, 3.05) is 6.61 Å². The first-order chi connectivity index (χ1) is 11.5. The first-order valence-electron chi connectivity index (χ1n) is 7.35. The molecule has 24 heavy (non-hydrogen) atoms. The van der Waals surface area contributed by atoms with Gasteiger partial charge in [0, 0.05) is 23.3 Å². The first-order valence-corrected chi connectivity index (χ1v) is 7.35. The van der Waals surface area contributed by atoms with Crippen molar-refractivity contribution < 1.29 is 28.8 Å². The fourth-order valence-corrected chi connectivity index (χ4v) is 2.52. The summed E-state index contributed by atoms with van der Waals surface area (Å²) in [5.41, 5.74) is 0.642. The van der Waals surface area contributed by atoms with E-state index in [0.29, 0.717) is 11.1 Å². The molecule has 0 radical (unpaired) electrons. The van der Waals surface area contributed by atoms with Crippen LogP contribution in [-0.4, -0.2) is 29.2 Å². The molecule has 1 aromatic heterocycles. The minimum absolute atomic E-state index is 0.144. The molecule has 0 spiro atoms. The Kier molecular flexibility index (Phi) is 3.95. The van der Waals surface area contributed by atoms with E-state index < -0.39 is 17.5 Å². The van der Waals surface area contributed by atoms with Crippen LogP contribution in [0.2, 0.25) is 0 Å². The Morgan fingerprint density at radius 2 is 1.67 bits per heavy atom. The van der Waals surface area contributed by atoms with Gasteiger partial charge in [-0.05, 0) is 6.92 Å². The predicted octanol–water partition coefficient (Wildman–Crippen LogP) is 1.80. The quantitative estimate of drug-likeness (QED) is 0.529. The van der Waals surface area contributed by atoms with Crippen LogP contribution < -0.4 is 4.57 Å². The van der Waals surface area contributed by atoms with Crippen molar-refractivity contribution >= 4 is 29.0 Å². The molecule has 0 fully saturated rings. The molecule has 6 heteroatoms. The number of ether oxygens (including phenoxy) is 1. The maximum Gasteiger partial charge on any atom is 0.338 e. The third kappa shape index (κ3) is 2.48. The molecular weight excluding hydrogens is 310 g/mol. The number of nitrogens with zero attached hydrogens (tertiary/aromatic N) is 1. The number of ketones is 2. The van der Waals surface area contributed by atoms with Crippen molar-refractivity contribution in [1.82, 2.24) is 0 Å². The fourth-order valence-electron chi connectivity index (χ4n) is 2.52. The summed E-state index contributed by atoms with van der Waals surface area (Å²) in [6.07, 6.45) is 2.85. The van der Waals surface area contributed by atoms with Crippen LogP contribution >= 0.6 is 0 Å². The SMILES string of the molecule is CCOC(=O)c1cc[n+](C2=C(O)c3ccccc3C(=O)C2=O)cc1. The highest BCUT2D eigenvalue weighted by atomic mass is 16.5. The number of Topliss-reactive ketones (excluding diaryl/α,β-unsaturated/α-hetero) is 2. The van der Waals surface area contributed by atoms with Crippen LogP contribution in [0.1, 0.15) is 33.2 Å². The Labute approximate surface area is 137 Å². The molecule has 0 unspecified atom stereocenters. The molecule has 1 heterocycles. The number of hydrogen-bond donors (Lipinski definition) is 1. The highest BCUT2D eigenvalue weighted by molar-refractivity contribution is 6.59. The highest BCUT2D eigenvalue weighted by Crippen LogP contribution is 2.27. The van der Waals surface area contributed by atoms with Gasteiger partial charge in [0.05, 0.1) is 12.2 Å². The van der Waals surface area contributed by atoms with Gasteiger partial charge in [0.25, 0.3) is 0 Å². The van der Waals surface area contributed by atoms with E-state index >= 15 is 0 Å². The van der Waals surface area contributed by atoms with E-state index in [0.717, 1.165) is 0 Å². The smallest absolute Gasteiger partial charge is 0.338 e. The average molecular weight is 324 g/mol. The van der Waals surface area contributed by atoms with Crippen molar-refractivity contribution in [1.29, 1.82) is 0 Å². The summed E-state index contributed by atoms with van der Waals surface area (Å²) >= 11 is 0. The van der Waals surface area contributed by atoms with Crippen molar-refractivity contribution in [3.8, 4) is 0 Å². The second-order valence-electron chi connectivity index (χ2n) is 5.12. The lowest BCUT2D eigenvalue weighted by atomic mass is 9.91. The molecule has 1 aliphatic carbocycles. The van der Waals surface area contributed by atoms with Crippen LogP contribution in [0.4, 0.5) is 0 Å². The minimum atomic E-state index is -0.805. The second kappa shape index (κ2) is 6.08. The van der Waals surface area contributed by atoms with E-state index in [9.17, 15) is 19.5 Å². The highest BCUT2D eigenvalue weighted by Gasteiger charge is 2.39. The van der Waals surface area contributed by atoms with Crippen LogP contribution in [0.25, 0.3) is 11.5 Å². The summed E-state index contributed by atoms with van der Waals surface area (Å²) in [5, 5.41) is 10.4. The summed E-state index contributed by atoms with van der Waals surface area (Å²) in [4.78, 5) is 36.2. The fraction of sp³-hybridized carbons (Fsp3) is 0.111. The monoisotopic (exact) mass is 324 g/mol. The maximum atomic E-state index is 12.3. The molecule has 0 saturated carbocycles. The Morgan fingerprint density at radius 1 is 1.04 bits per heavy atom. The Hall–Kier alpha value is -3.28. The normalized spacial score (nSPS) is 13.7. The number of esters is 1. The van der Waals surface area contributed by atoms with Crippen LogP contribution in [0.15, 0.2) is 48.8 Å². The minimum Gasteiger partial charge on any atom is -0.502 e. The lowest BCUT2D eigenvalue weighted by Crippen LogP contribution is -2.41. The Bertz CT molecular complexity index is 881. The van der Waals surface area contributed by atoms with Crippen LogP contribution in [0.5, 0.6) is 0 Å². The number of carbonyl (C=O) groups excluding carboxylic acids is 3. The molecule has 1 N–H and O–H groups in total. The van der Waals surface area contributed by atoms with Gasteiger partial charge in [-0.15, -0.1) is 0 Å². The number of hydrogen-bond acceptors (Lipinski definition) is 5. The lowest BCUT2D eigenvalue weighted by molar-refractivity contribution is -0.577.